The molecule has 0 aliphatic heterocycles. The molecule has 2 aromatic rings. The minimum atomic E-state index is -1.11. The Morgan fingerprint density at radius 2 is 1.68 bits per heavy atom. The summed E-state index contributed by atoms with van der Waals surface area (Å²) in [5.41, 5.74) is 1.46. The standard InChI is InChI=1S/C21H19NO6/c1-27-14-18(21(23)24)17-12-6-5-9-15(17)8-3-4-10-16-11-7-13-19(28-2)20(16)22(25)26/h3-14H,1-2H3,(H,23,24). The molecule has 0 atom stereocenters. The summed E-state index contributed by atoms with van der Waals surface area (Å²) in [6.07, 6.45) is 7.78. The van der Waals surface area contributed by atoms with Crippen molar-refractivity contribution < 1.29 is 24.3 Å². The number of allylic oxidation sites excluding steroid dienone is 2. The fourth-order valence-corrected chi connectivity index (χ4v) is 2.59. The second-order valence-corrected chi connectivity index (χ2v) is 5.53. The van der Waals surface area contributed by atoms with E-state index >= 15 is 0 Å². The Balaban J connectivity index is 2.34. The molecule has 28 heavy (non-hydrogen) atoms. The van der Waals surface area contributed by atoms with Gasteiger partial charge < -0.3 is 14.6 Å². The number of para-hydroxylation sites is 1. The molecule has 0 saturated carbocycles. The summed E-state index contributed by atoms with van der Waals surface area (Å²) in [6.45, 7) is 0. The number of methoxy groups -OCH3 is 2. The van der Waals surface area contributed by atoms with Crippen LogP contribution in [0.25, 0.3) is 17.7 Å². The summed E-state index contributed by atoms with van der Waals surface area (Å²) in [4.78, 5) is 22.3. The summed E-state index contributed by atoms with van der Waals surface area (Å²) in [5.74, 6) is -0.928. The Bertz CT molecular complexity index is 959. The molecular weight excluding hydrogens is 362 g/mol. The van der Waals surface area contributed by atoms with Crippen LogP contribution in [0.2, 0.25) is 0 Å². The van der Waals surface area contributed by atoms with Gasteiger partial charge in [0.05, 0.1) is 31.0 Å². The average molecular weight is 381 g/mol. The molecule has 0 unspecified atom stereocenters. The van der Waals surface area contributed by atoms with Gasteiger partial charge in [-0.25, -0.2) is 4.79 Å². The largest absolute Gasteiger partial charge is 0.503 e. The van der Waals surface area contributed by atoms with Crippen LogP contribution in [0.3, 0.4) is 0 Å². The van der Waals surface area contributed by atoms with Crippen molar-refractivity contribution in [2.24, 2.45) is 0 Å². The predicted molar refractivity (Wildman–Crippen MR) is 107 cm³/mol. The molecule has 7 heteroatoms. The van der Waals surface area contributed by atoms with Crippen LogP contribution in [0.1, 0.15) is 16.7 Å². The van der Waals surface area contributed by atoms with E-state index in [4.69, 9.17) is 9.47 Å². The zero-order chi connectivity index (χ0) is 20.5. The predicted octanol–water partition coefficient (Wildman–Crippen LogP) is 4.40. The topological polar surface area (TPSA) is 98.9 Å². The first-order valence-corrected chi connectivity index (χ1v) is 8.21. The normalized spacial score (nSPS) is 11.7. The highest BCUT2D eigenvalue weighted by Gasteiger charge is 2.18. The van der Waals surface area contributed by atoms with Crippen molar-refractivity contribution >= 4 is 29.4 Å². The van der Waals surface area contributed by atoms with Crippen molar-refractivity contribution in [2.45, 2.75) is 0 Å². The lowest BCUT2D eigenvalue weighted by Crippen LogP contribution is -2.02. The molecule has 0 heterocycles. The van der Waals surface area contributed by atoms with E-state index in [0.29, 0.717) is 16.7 Å². The number of carboxylic acids is 1. The summed E-state index contributed by atoms with van der Waals surface area (Å²) in [7, 11) is 2.76. The molecule has 7 nitrogen and oxygen atoms in total. The molecule has 0 aliphatic carbocycles. The highest BCUT2D eigenvalue weighted by molar-refractivity contribution is 6.16. The Kier molecular flexibility index (Phi) is 7.10. The molecule has 0 fully saturated rings. The van der Waals surface area contributed by atoms with E-state index in [1.54, 1.807) is 60.7 Å². The van der Waals surface area contributed by atoms with E-state index < -0.39 is 10.9 Å². The number of hydrogen-bond donors (Lipinski definition) is 1. The number of nitro groups is 1. The lowest BCUT2D eigenvalue weighted by Gasteiger charge is -2.06. The molecule has 0 saturated heterocycles. The lowest BCUT2D eigenvalue weighted by atomic mass is 10.00. The summed E-state index contributed by atoms with van der Waals surface area (Å²) < 4.78 is 9.90. The van der Waals surface area contributed by atoms with Gasteiger partial charge in [0.25, 0.3) is 0 Å². The average Bonchev–Trinajstić information content (AvgIpc) is 2.69. The maximum Gasteiger partial charge on any atom is 0.339 e. The van der Waals surface area contributed by atoms with Crippen molar-refractivity contribution in [2.75, 3.05) is 14.2 Å². The van der Waals surface area contributed by atoms with Crippen molar-refractivity contribution in [3.05, 3.63) is 87.7 Å². The second-order valence-electron chi connectivity index (χ2n) is 5.53. The zero-order valence-electron chi connectivity index (χ0n) is 15.4. The minimum Gasteiger partial charge on any atom is -0.503 e. The summed E-state index contributed by atoms with van der Waals surface area (Å²) in [6, 6.07) is 11.8. The van der Waals surface area contributed by atoms with Gasteiger partial charge in [0.2, 0.25) is 0 Å². The van der Waals surface area contributed by atoms with Gasteiger partial charge in [0.1, 0.15) is 5.57 Å². The third-order valence-corrected chi connectivity index (χ3v) is 3.81. The monoisotopic (exact) mass is 381 g/mol. The lowest BCUT2D eigenvalue weighted by molar-refractivity contribution is -0.386. The van der Waals surface area contributed by atoms with E-state index in [0.717, 1.165) is 0 Å². The number of hydrogen-bond acceptors (Lipinski definition) is 5. The van der Waals surface area contributed by atoms with E-state index in [2.05, 4.69) is 0 Å². The van der Waals surface area contributed by atoms with Crippen LogP contribution in [0, 0.1) is 10.1 Å². The molecule has 2 rings (SSSR count). The van der Waals surface area contributed by atoms with Gasteiger partial charge in [-0.05, 0) is 29.3 Å². The van der Waals surface area contributed by atoms with Crippen molar-refractivity contribution in [1.82, 2.24) is 0 Å². The fraction of sp³-hybridized carbons (Fsp3) is 0.0952. The molecule has 0 amide bonds. The Morgan fingerprint density at radius 1 is 1.04 bits per heavy atom. The van der Waals surface area contributed by atoms with Crippen molar-refractivity contribution in [1.29, 1.82) is 0 Å². The Morgan fingerprint density at radius 3 is 2.29 bits per heavy atom. The molecule has 1 N–H and O–H groups in total. The highest BCUT2D eigenvalue weighted by Crippen LogP contribution is 2.31. The van der Waals surface area contributed by atoms with Crippen LogP contribution < -0.4 is 4.74 Å². The second kappa shape index (κ2) is 9.72. The molecule has 2 aromatic carbocycles. The van der Waals surface area contributed by atoms with Gasteiger partial charge in [0.15, 0.2) is 5.75 Å². The first kappa shape index (κ1) is 20.4. The smallest absolute Gasteiger partial charge is 0.339 e. The van der Waals surface area contributed by atoms with Gasteiger partial charge in [-0.15, -0.1) is 0 Å². The van der Waals surface area contributed by atoms with Gasteiger partial charge >= 0.3 is 11.7 Å². The molecule has 144 valence electrons. The molecule has 0 bridgehead atoms. The maximum atomic E-state index is 11.5. The van der Waals surface area contributed by atoms with Crippen LogP contribution in [0.4, 0.5) is 5.69 Å². The maximum absolute atomic E-state index is 11.5. The third-order valence-electron chi connectivity index (χ3n) is 3.81. The highest BCUT2D eigenvalue weighted by atomic mass is 16.6. The Labute approximate surface area is 162 Å². The molecule has 0 radical (unpaired) electrons. The van der Waals surface area contributed by atoms with Crippen molar-refractivity contribution in [3.63, 3.8) is 0 Å². The number of benzene rings is 2. The van der Waals surface area contributed by atoms with Crippen LogP contribution in [-0.2, 0) is 9.53 Å². The number of nitrogens with zero attached hydrogens (tertiary/aromatic N) is 1. The van der Waals surface area contributed by atoms with Crippen LogP contribution in [0.15, 0.2) is 60.9 Å². The van der Waals surface area contributed by atoms with Crippen molar-refractivity contribution in [3.8, 4) is 5.75 Å². The Hall–Kier alpha value is -3.87. The first-order chi connectivity index (χ1) is 13.5. The summed E-state index contributed by atoms with van der Waals surface area (Å²) >= 11 is 0. The van der Waals surface area contributed by atoms with Gasteiger partial charge in [0, 0.05) is 0 Å². The molecule has 0 aromatic heterocycles. The van der Waals surface area contributed by atoms with Crippen LogP contribution >= 0.6 is 0 Å². The van der Waals surface area contributed by atoms with E-state index in [1.165, 1.54) is 26.5 Å². The number of aliphatic carboxylic acids is 1. The number of nitro benzene ring substituents is 1. The van der Waals surface area contributed by atoms with E-state index in [-0.39, 0.29) is 17.0 Å². The number of carbonyl (C=O) groups is 1. The SMILES string of the molecule is COC=C(C(=O)O)c1ccccc1C=CC=Cc1cccc(OC)c1[N+](=O)[O-]. The number of rotatable bonds is 8. The minimum absolute atomic E-state index is 0.0233. The van der Waals surface area contributed by atoms with Crippen LogP contribution in [0.5, 0.6) is 5.75 Å². The van der Waals surface area contributed by atoms with Crippen LogP contribution in [-0.4, -0.2) is 30.2 Å². The number of ether oxygens (including phenoxy) is 2. The van der Waals surface area contributed by atoms with Gasteiger partial charge in [-0.3, -0.25) is 10.1 Å². The van der Waals surface area contributed by atoms with Gasteiger partial charge in [-0.2, -0.15) is 0 Å². The zero-order valence-corrected chi connectivity index (χ0v) is 15.4. The third kappa shape index (κ3) is 4.85. The number of carboxylic acid groups (broad SMARTS) is 1. The summed E-state index contributed by atoms with van der Waals surface area (Å²) in [5, 5.41) is 20.7. The fourth-order valence-electron chi connectivity index (χ4n) is 2.59. The molecular formula is C21H19NO6. The van der Waals surface area contributed by atoms with E-state index in [9.17, 15) is 20.0 Å². The molecule has 0 spiro atoms. The van der Waals surface area contributed by atoms with Gasteiger partial charge in [-0.1, -0.05) is 48.6 Å². The first-order valence-electron chi connectivity index (χ1n) is 8.21. The van der Waals surface area contributed by atoms with E-state index in [1.807, 2.05) is 0 Å². The molecule has 0 aliphatic rings. The quantitative estimate of drug-likeness (QED) is 0.239.